The molecule has 3 rings (SSSR count). The molecule has 0 aromatic heterocycles. The maximum atomic E-state index is 12.5. The van der Waals surface area contributed by atoms with Gasteiger partial charge in [0, 0.05) is 58.8 Å². The SMILES string of the molecule is CCNC(=NCCCOc1ccccc1C)N1CCN(CC(=O)N2CCOCC2)CC1. The van der Waals surface area contributed by atoms with E-state index in [2.05, 4.69) is 35.0 Å². The number of piperazine rings is 1. The van der Waals surface area contributed by atoms with Crippen LogP contribution in [0.5, 0.6) is 5.75 Å². The van der Waals surface area contributed by atoms with E-state index in [1.807, 2.05) is 23.1 Å². The number of aryl methyl sites for hydroxylation is 1. The van der Waals surface area contributed by atoms with Gasteiger partial charge in [-0.2, -0.15) is 0 Å². The van der Waals surface area contributed by atoms with E-state index in [9.17, 15) is 4.79 Å². The first-order valence-corrected chi connectivity index (χ1v) is 11.5. The number of carbonyl (C=O) groups excluding carboxylic acids is 1. The summed E-state index contributed by atoms with van der Waals surface area (Å²) in [7, 11) is 0. The Morgan fingerprint density at radius 3 is 2.55 bits per heavy atom. The van der Waals surface area contributed by atoms with Crippen LogP contribution in [0.1, 0.15) is 18.9 Å². The Morgan fingerprint density at radius 2 is 1.84 bits per heavy atom. The zero-order valence-corrected chi connectivity index (χ0v) is 19.0. The lowest BCUT2D eigenvalue weighted by atomic mass is 10.2. The van der Waals surface area contributed by atoms with E-state index in [1.54, 1.807) is 0 Å². The summed E-state index contributed by atoms with van der Waals surface area (Å²) in [5.74, 6) is 2.12. The largest absolute Gasteiger partial charge is 0.493 e. The van der Waals surface area contributed by atoms with Crippen molar-refractivity contribution in [3.05, 3.63) is 29.8 Å². The van der Waals surface area contributed by atoms with E-state index in [1.165, 1.54) is 0 Å². The Morgan fingerprint density at radius 1 is 1.10 bits per heavy atom. The predicted molar refractivity (Wildman–Crippen MR) is 123 cm³/mol. The highest BCUT2D eigenvalue weighted by molar-refractivity contribution is 5.80. The molecule has 0 bridgehead atoms. The molecule has 1 N–H and O–H groups in total. The Labute approximate surface area is 186 Å². The molecule has 2 aliphatic heterocycles. The summed E-state index contributed by atoms with van der Waals surface area (Å²) < 4.78 is 11.2. The average molecular weight is 432 g/mol. The van der Waals surface area contributed by atoms with Crippen LogP contribution >= 0.6 is 0 Å². The van der Waals surface area contributed by atoms with Crippen LogP contribution in [0.4, 0.5) is 0 Å². The van der Waals surface area contributed by atoms with Gasteiger partial charge < -0.3 is 24.6 Å². The third-order valence-electron chi connectivity index (χ3n) is 5.64. The maximum absolute atomic E-state index is 12.5. The second kappa shape index (κ2) is 12.5. The number of hydrogen-bond acceptors (Lipinski definition) is 5. The number of amides is 1. The zero-order valence-electron chi connectivity index (χ0n) is 19.0. The van der Waals surface area contributed by atoms with E-state index in [0.717, 1.165) is 63.0 Å². The topological polar surface area (TPSA) is 69.6 Å². The predicted octanol–water partition coefficient (Wildman–Crippen LogP) is 1.21. The molecule has 0 spiro atoms. The number of ether oxygens (including phenoxy) is 2. The highest BCUT2D eigenvalue weighted by Gasteiger charge is 2.24. The molecule has 2 heterocycles. The summed E-state index contributed by atoms with van der Waals surface area (Å²) in [4.78, 5) is 23.7. The van der Waals surface area contributed by atoms with Crippen molar-refractivity contribution in [2.24, 2.45) is 4.99 Å². The van der Waals surface area contributed by atoms with Crippen LogP contribution in [0.25, 0.3) is 0 Å². The lowest BCUT2D eigenvalue weighted by Crippen LogP contribution is -2.55. The minimum atomic E-state index is 0.214. The first-order chi connectivity index (χ1) is 15.2. The average Bonchev–Trinajstić information content (AvgIpc) is 2.80. The molecule has 1 amide bonds. The summed E-state index contributed by atoms with van der Waals surface area (Å²) in [5, 5.41) is 3.40. The van der Waals surface area contributed by atoms with Crippen molar-refractivity contribution in [1.29, 1.82) is 0 Å². The number of aliphatic imine (C=N–C) groups is 1. The molecular formula is C23H37N5O3. The van der Waals surface area contributed by atoms with Gasteiger partial charge in [-0.1, -0.05) is 18.2 Å². The summed E-state index contributed by atoms with van der Waals surface area (Å²) in [6.45, 7) is 13.1. The zero-order chi connectivity index (χ0) is 21.9. The highest BCUT2D eigenvalue weighted by atomic mass is 16.5. The van der Waals surface area contributed by atoms with Crippen molar-refractivity contribution in [2.75, 3.05) is 78.7 Å². The van der Waals surface area contributed by atoms with Gasteiger partial charge in [-0.25, -0.2) is 0 Å². The fourth-order valence-electron chi connectivity index (χ4n) is 3.80. The normalized spacial score (nSPS) is 18.2. The van der Waals surface area contributed by atoms with E-state index < -0.39 is 0 Å². The van der Waals surface area contributed by atoms with Crippen LogP contribution in [0.3, 0.4) is 0 Å². The number of hydrogen-bond donors (Lipinski definition) is 1. The van der Waals surface area contributed by atoms with Crippen molar-refractivity contribution in [3.63, 3.8) is 0 Å². The van der Waals surface area contributed by atoms with Crippen molar-refractivity contribution in [2.45, 2.75) is 20.3 Å². The second-order valence-electron chi connectivity index (χ2n) is 7.96. The monoisotopic (exact) mass is 431 g/mol. The number of benzene rings is 1. The fourth-order valence-corrected chi connectivity index (χ4v) is 3.80. The molecule has 0 atom stereocenters. The number of nitrogens with one attached hydrogen (secondary N) is 1. The Kier molecular flexibility index (Phi) is 9.42. The smallest absolute Gasteiger partial charge is 0.236 e. The minimum absolute atomic E-state index is 0.214. The van der Waals surface area contributed by atoms with Gasteiger partial charge in [0.1, 0.15) is 5.75 Å². The van der Waals surface area contributed by atoms with Gasteiger partial charge in [-0.05, 0) is 25.5 Å². The summed E-state index contributed by atoms with van der Waals surface area (Å²) >= 11 is 0. The molecule has 31 heavy (non-hydrogen) atoms. The second-order valence-corrected chi connectivity index (χ2v) is 7.96. The van der Waals surface area contributed by atoms with Gasteiger partial charge in [0.05, 0.1) is 26.4 Å². The summed E-state index contributed by atoms with van der Waals surface area (Å²) in [5.41, 5.74) is 1.16. The Hall–Kier alpha value is -2.32. The maximum Gasteiger partial charge on any atom is 0.236 e. The van der Waals surface area contributed by atoms with Crippen molar-refractivity contribution in [1.82, 2.24) is 20.0 Å². The molecule has 2 aliphatic rings. The van der Waals surface area contributed by atoms with E-state index in [0.29, 0.717) is 39.5 Å². The quantitative estimate of drug-likeness (QED) is 0.379. The van der Waals surface area contributed by atoms with E-state index >= 15 is 0 Å². The molecule has 0 unspecified atom stereocenters. The van der Waals surface area contributed by atoms with Crippen LogP contribution in [-0.4, -0.2) is 105 Å². The standard InChI is InChI=1S/C23H37N5O3/c1-3-24-23(25-9-6-16-31-21-8-5-4-7-20(21)2)28-12-10-26(11-13-28)19-22(29)27-14-17-30-18-15-27/h4-5,7-8H,3,6,9-19H2,1-2H3,(H,24,25). The molecule has 1 aromatic rings. The third kappa shape index (κ3) is 7.40. The first-order valence-electron chi connectivity index (χ1n) is 11.5. The Balaban J connectivity index is 1.39. The van der Waals surface area contributed by atoms with Gasteiger partial charge in [0.2, 0.25) is 5.91 Å². The van der Waals surface area contributed by atoms with E-state index in [4.69, 9.17) is 14.5 Å². The number of carbonyl (C=O) groups is 1. The molecule has 1 aromatic carbocycles. The highest BCUT2D eigenvalue weighted by Crippen LogP contribution is 2.16. The summed E-state index contributed by atoms with van der Waals surface area (Å²) in [6.07, 6.45) is 0.872. The van der Waals surface area contributed by atoms with Crippen LogP contribution in [0.15, 0.2) is 29.3 Å². The van der Waals surface area contributed by atoms with Crippen LogP contribution in [0, 0.1) is 6.92 Å². The van der Waals surface area contributed by atoms with Crippen molar-refractivity contribution >= 4 is 11.9 Å². The minimum Gasteiger partial charge on any atom is -0.493 e. The van der Waals surface area contributed by atoms with Crippen molar-refractivity contribution in [3.8, 4) is 5.75 Å². The number of rotatable bonds is 8. The Bertz CT molecular complexity index is 713. The third-order valence-corrected chi connectivity index (χ3v) is 5.64. The molecule has 0 aliphatic carbocycles. The van der Waals surface area contributed by atoms with Gasteiger partial charge in [0.25, 0.3) is 0 Å². The van der Waals surface area contributed by atoms with Gasteiger partial charge in [-0.15, -0.1) is 0 Å². The van der Waals surface area contributed by atoms with Gasteiger partial charge >= 0.3 is 0 Å². The molecule has 0 saturated carbocycles. The summed E-state index contributed by atoms with van der Waals surface area (Å²) in [6, 6.07) is 8.09. The number of morpholine rings is 1. The molecule has 0 radical (unpaired) electrons. The van der Waals surface area contributed by atoms with Crippen LogP contribution in [-0.2, 0) is 9.53 Å². The molecular weight excluding hydrogens is 394 g/mol. The van der Waals surface area contributed by atoms with Gasteiger partial charge in [-0.3, -0.25) is 14.7 Å². The number of nitrogens with zero attached hydrogens (tertiary/aromatic N) is 4. The van der Waals surface area contributed by atoms with Crippen LogP contribution in [0.2, 0.25) is 0 Å². The molecule has 2 fully saturated rings. The number of guanidine groups is 1. The fraction of sp³-hybridized carbons (Fsp3) is 0.652. The van der Waals surface area contributed by atoms with Crippen molar-refractivity contribution < 1.29 is 14.3 Å². The molecule has 8 nitrogen and oxygen atoms in total. The lowest BCUT2D eigenvalue weighted by Gasteiger charge is -2.37. The van der Waals surface area contributed by atoms with E-state index in [-0.39, 0.29) is 5.91 Å². The van der Waals surface area contributed by atoms with Crippen LogP contribution < -0.4 is 10.1 Å². The lowest BCUT2D eigenvalue weighted by molar-refractivity contribution is -0.136. The first kappa shape index (κ1) is 23.3. The molecule has 172 valence electrons. The van der Waals surface area contributed by atoms with Gasteiger partial charge in [0.15, 0.2) is 5.96 Å². The molecule has 2 saturated heterocycles. The number of para-hydroxylation sites is 1. The molecule has 8 heteroatoms.